The van der Waals surface area contributed by atoms with Crippen molar-refractivity contribution >= 4 is 5.65 Å². The minimum absolute atomic E-state index is 0.000556. The van der Waals surface area contributed by atoms with Gasteiger partial charge in [0.2, 0.25) is 0 Å². The number of aryl methyl sites for hydroxylation is 1. The first-order chi connectivity index (χ1) is 5.79. The van der Waals surface area contributed by atoms with Crippen LogP contribution < -0.4 is 5.56 Å². The van der Waals surface area contributed by atoms with E-state index >= 15 is 0 Å². The molecular weight excluding hydrogens is 152 g/mol. The number of fused-ring (bicyclic) bond motifs is 1. The van der Waals surface area contributed by atoms with Crippen LogP contribution in [0.3, 0.4) is 0 Å². The third-order valence-corrected chi connectivity index (χ3v) is 1.78. The molecule has 0 N–H and O–H groups in total. The van der Waals surface area contributed by atoms with E-state index in [2.05, 4.69) is 4.98 Å². The molecule has 0 amide bonds. The maximum Gasteiger partial charge on any atom is 0.260 e. The summed E-state index contributed by atoms with van der Waals surface area (Å²) >= 11 is 0. The van der Waals surface area contributed by atoms with Crippen molar-refractivity contribution < 1.29 is 0 Å². The molecule has 12 heavy (non-hydrogen) atoms. The Kier molecular flexibility index (Phi) is 1.43. The highest BCUT2D eigenvalue weighted by molar-refractivity contribution is 5.37. The van der Waals surface area contributed by atoms with Crippen molar-refractivity contribution in [1.29, 1.82) is 0 Å². The third kappa shape index (κ3) is 0.906. The largest absolute Gasteiger partial charge is 0.269 e. The predicted molar refractivity (Wildman–Crippen MR) is 46.2 cm³/mol. The number of pyridine rings is 1. The Bertz CT molecular complexity index is 473. The summed E-state index contributed by atoms with van der Waals surface area (Å²) in [7, 11) is 0. The molecule has 0 saturated carbocycles. The monoisotopic (exact) mass is 160 g/mol. The van der Waals surface area contributed by atoms with Crippen molar-refractivity contribution in [3.8, 4) is 0 Å². The van der Waals surface area contributed by atoms with E-state index < -0.39 is 0 Å². The van der Waals surface area contributed by atoms with E-state index in [0.717, 1.165) is 0 Å². The van der Waals surface area contributed by atoms with Crippen LogP contribution in [0.1, 0.15) is 5.56 Å². The molecule has 3 heteroatoms. The van der Waals surface area contributed by atoms with Gasteiger partial charge in [-0.1, -0.05) is 6.07 Å². The lowest BCUT2D eigenvalue weighted by Gasteiger charge is -1.98. The summed E-state index contributed by atoms with van der Waals surface area (Å²) in [5.41, 5.74) is 1.35. The first kappa shape index (κ1) is 7.03. The maximum absolute atomic E-state index is 11.5. The van der Waals surface area contributed by atoms with Gasteiger partial charge in [0, 0.05) is 18.0 Å². The van der Waals surface area contributed by atoms with E-state index in [1.165, 1.54) is 4.40 Å². The zero-order valence-electron chi connectivity index (χ0n) is 6.69. The van der Waals surface area contributed by atoms with Crippen molar-refractivity contribution in [2.24, 2.45) is 0 Å². The first-order valence-electron chi connectivity index (χ1n) is 3.72. The van der Waals surface area contributed by atoms with Gasteiger partial charge in [0.25, 0.3) is 5.56 Å². The van der Waals surface area contributed by atoms with E-state index in [1.54, 1.807) is 25.4 Å². The van der Waals surface area contributed by atoms with E-state index in [-0.39, 0.29) is 5.56 Å². The molecular formula is C9H8N2O. The van der Waals surface area contributed by atoms with Gasteiger partial charge in [-0.05, 0) is 19.1 Å². The van der Waals surface area contributed by atoms with Crippen molar-refractivity contribution in [3.63, 3.8) is 0 Å². The summed E-state index contributed by atoms with van der Waals surface area (Å²) in [6.45, 7) is 1.76. The van der Waals surface area contributed by atoms with Gasteiger partial charge in [-0.2, -0.15) is 0 Å². The summed E-state index contributed by atoms with van der Waals surface area (Å²) in [6, 6.07) is 5.48. The summed E-state index contributed by atoms with van der Waals surface area (Å²) in [5, 5.41) is 0. The normalized spacial score (nSPS) is 10.4. The molecule has 0 radical (unpaired) electrons. The lowest BCUT2D eigenvalue weighted by Crippen LogP contribution is -2.16. The Morgan fingerprint density at radius 3 is 3.08 bits per heavy atom. The molecule has 0 bridgehead atoms. The minimum Gasteiger partial charge on any atom is -0.269 e. The van der Waals surface area contributed by atoms with Gasteiger partial charge in [-0.3, -0.25) is 9.20 Å². The fourth-order valence-corrected chi connectivity index (χ4v) is 1.12. The lowest BCUT2D eigenvalue weighted by atomic mass is 10.3. The molecule has 0 aromatic carbocycles. The summed E-state index contributed by atoms with van der Waals surface area (Å²) < 4.78 is 1.54. The van der Waals surface area contributed by atoms with Crippen LogP contribution in [-0.4, -0.2) is 9.38 Å². The fraction of sp³-hybridized carbons (Fsp3) is 0.111. The molecule has 0 saturated heterocycles. The Hall–Kier alpha value is -1.64. The molecule has 2 rings (SSSR count). The van der Waals surface area contributed by atoms with E-state index in [0.29, 0.717) is 11.2 Å². The molecule has 0 aliphatic heterocycles. The van der Waals surface area contributed by atoms with Crippen LogP contribution in [0.15, 0.2) is 35.4 Å². The van der Waals surface area contributed by atoms with E-state index in [4.69, 9.17) is 0 Å². The highest BCUT2D eigenvalue weighted by Crippen LogP contribution is 1.95. The summed E-state index contributed by atoms with van der Waals surface area (Å²) in [6.07, 6.45) is 3.31. The molecule has 0 atom stereocenters. The van der Waals surface area contributed by atoms with Gasteiger partial charge in [0.1, 0.15) is 5.65 Å². The van der Waals surface area contributed by atoms with Crippen LogP contribution in [0.25, 0.3) is 5.65 Å². The van der Waals surface area contributed by atoms with Gasteiger partial charge in [-0.25, -0.2) is 4.98 Å². The Morgan fingerprint density at radius 2 is 2.25 bits per heavy atom. The first-order valence-corrected chi connectivity index (χ1v) is 3.72. The zero-order valence-corrected chi connectivity index (χ0v) is 6.69. The second kappa shape index (κ2) is 2.44. The zero-order chi connectivity index (χ0) is 8.55. The minimum atomic E-state index is 0.000556. The average molecular weight is 160 g/mol. The van der Waals surface area contributed by atoms with Crippen LogP contribution in [0, 0.1) is 6.92 Å². The molecule has 2 aromatic rings. The standard InChI is InChI=1S/C9H8N2O/c1-7-6-10-8-4-2-3-5-11(8)9(7)12/h2-6H,1H3. The van der Waals surface area contributed by atoms with Crippen LogP contribution in [-0.2, 0) is 0 Å². The predicted octanol–water partition coefficient (Wildman–Crippen LogP) is 1.00. The average Bonchev–Trinajstić information content (AvgIpc) is 2.12. The Balaban J connectivity index is 3.01. The van der Waals surface area contributed by atoms with Crippen molar-refractivity contribution in [1.82, 2.24) is 9.38 Å². The molecule has 60 valence electrons. The van der Waals surface area contributed by atoms with Gasteiger partial charge in [0.15, 0.2) is 0 Å². The highest BCUT2D eigenvalue weighted by atomic mass is 16.1. The molecule has 2 aromatic heterocycles. The molecule has 3 nitrogen and oxygen atoms in total. The molecule has 0 fully saturated rings. The van der Waals surface area contributed by atoms with Crippen molar-refractivity contribution in [3.05, 3.63) is 46.5 Å². The number of hydrogen-bond acceptors (Lipinski definition) is 2. The van der Waals surface area contributed by atoms with Gasteiger partial charge >= 0.3 is 0 Å². The smallest absolute Gasteiger partial charge is 0.260 e. The van der Waals surface area contributed by atoms with Crippen LogP contribution in [0.5, 0.6) is 0 Å². The second-order valence-corrected chi connectivity index (χ2v) is 2.68. The fourth-order valence-electron chi connectivity index (χ4n) is 1.12. The molecule has 0 spiro atoms. The molecule has 0 aliphatic rings. The van der Waals surface area contributed by atoms with E-state index in [1.807, 2.05) is 12.1 Å². The number of nitrogens with zero attached hydrogens (tertiary/aromatic N) is 2. The quantitative estimate of drug-likeness (QED) is 0.576. The van der Waals surface area contributed by atoms with E-state index in [9.17, 15) is 4.79 Å². The van der Waals surface area contributed by atoms with Crippen molar-refractivity contribution in [2.75, 3.05) is 0 Å². The topological polar surface area (TPSA) is 34.4 Å². The van der Waals surface area contributed by atoms with Crippen LogP contribution in [0.2, 0.25) is 0 Å². The number of rotatable bonds is 0. The molecule has 2 heterocycles. The van der Waals surface area contributed by atoms with Gasteiger partial charge in [-0.15, -0.1) is 0 Å². The maximum atomic E-state index is 11.5. The summed E-state index contributed by atoms with van der Waals surface area (Å²) in [4.78, 5) is 15.6. The Labute approximate surface area is 69.3 Å². The van der Waals surface area contributed by atoms with Crippen LogP contribution in [0.4, 0.5) is 0 Å². The molecule has 0 unspecified atom stereocenters. The lowest BCUT2D eigenvalue weighted by molar-refractivity contribution is 1.02. The van der Waals surface area contributed by atoms with Gasteiger partial charge < -0.3 is 0 Å². The van der Waals surface area contributed by atoms with Crippen LogP contribution >= 0.6 is 0 Å². The SMILES string of the molecule is Cc1cnc2ccccn2c1=O. The third-order valence-electron chi connectivity index (χ3n) is 1.78. The number of aromatic nitrogens is 2. The molecule has 0 aliphatic carbocycles. The number of hydrogen-bond donors (Lipinski definition) is 0. The van der Waals surface area contributed by atoms with Crippen molar-refractivity contribution in [2.45, 2.75) is 6.92 Å². The second-order valence-electron chi connectivity index (χ2n) is 2.68. The highest BCUT2D eigenvalue weighted by Gasteiger charge is 1.97. The Morgan fingerprint density at radius 1 is 1.42 bits per heavy atom. The summed E-state index contributed by atoms with van der Waals surface area (Å²) in [5.74, 6) is 0. The van der Waals surface area contributed by atoms with Gasteiger partial charge in [0.05, 0.1) is 0 Å².